The summed E-state index contributed by atoms with van der Waals surface area (Å²) in [6.07, 6.45) is 9.53. The largest absolute Gasteiger partial charge is 0.352 e. The second-order valence-corrected chi connectivity index (χ2v) is 12.7. The van der Waals surface area contributed by atoms with Crippen LogP contribution in [0.15, 0.2) is 35.1 Å². The van der Waals surface area contributed by atoms with Crippen molar-refractivity contribution in [2.24, 2.45) is 11.8 Å². The molecule has 2 fully saturated rings. The molecular formula is C27H38N4O5S. The molecular weight excluding hydrogens is 492 g/mol. The van der Waals surface area contributed by atoms with Gasteiger partial charge in [0.2, 0.25) is 15.9 Å². The van der Waals surface area contributed by atoms with Crippen LogP contribution in [-0.4, -0.2) is 41.1 Å². The zero-order valence-electron chi connectivity index (χ0n) is 21.9. The Morgan fingerprint density at radius 3 is 2.59 bits per heavy atom. The number of hydrogen-bond acceptors (Lipinski definition) is 5. The van der Waals surface area contributed by atoms with Crippen LogP contribution in [0.5, 0.6) is 0 Å². The molecule has 4 rings (SSSR count). The maximum absolute atomic E-state index is 12.8. The van der Waals surface area contributed by atoms with Gasteiger partial charge in [0, 0.05) is 18.5 Å². The predicted octanol–water partition coefficient (Wildman–Crippen LogP) is 3.78. The van der Waals surface area contributed by atoms with Gasteiger partial charge in [0.15, 0.2) is 0 Å². The lowest BCUT2D eigenvalue weighted by molar-refractivity contribution is -0.120. The van der Waals surface area contributed by atoms with Crippen LogP contribution in [0.3, 0.4) is 0 Å². The highest BCUT2D eigenvalue weighted by atomic mass is 32.2. The number of benzene rings is 1. The van der Waals surface area contributed by atoms with E-state index in [-0.39, 0.29) is 29.5 Å². The minimum atomic E-state index is -3.64. The lowest BCUT2D eigenvalue weighted by Crippen LogP contribution is -2.40. The van der Waals surface area contributed by atoms with Crippen molar-refractivity contribution in [3.8, 4) is 0 Å². The number of imidazole rings is 1. The number of amides is 2. The standard InChI is InChI=1S/C27H38N4O5S/c1-4-19-17-21(19)25(33)30-37(35,36)27(14-15-27)13-8-6-5-7-9-16-28-24(32)20-11-10-12-22-23(20)29-26(34)31(22)18(2)3/h5,7,10-12,18-19,21H,4,6,8-9,13-17H2,1-3H3,(H,28,32)(H,29,34)(H,30,33)/b7-5+/t19-,21+/m1/s1. The van der Waals surface area contributed by atoms with Crippen molar-refractivity contribution < 1.29 is 18.0 Å². The van der Waals surface area contributed by atoms with E-state index in [9.17, 15) is 22.8 Å². The third-order valence-corrected chi connectivity index (χ3v) is 9.90. The number of allylic oxidation sites excluding steroid dienone is 1. The first kappa shape index (κ1) is 27.2. The molecule has 0 radical (unpaired) electrons. The van der Waals surface area contributed by atoms with Crippen LogP contribution in [-0.2, 0) is 14.8 Å². The molecule has 0 unspecified atom stereocenters. The first-order chi connectivity index (χ1) is 17.6. The lowest BCUT2D eigenvalue weighted by atomic mass is 10.1. The maximum atomic E-state index is 12.8. The van der Waals surface area contributed by atoms with Gasteiger partial charge in [-0.1, -0.05) is 31.6 Å². The summed E-state index contributed by atoms with van der Waals surface area (Å²) in [5.74, 6) is -0.393. The average molecular weight is 531 g/mol. The van der Waals surface area contributed by atoms with Crippen LogP contribution in [0.2, 0.25) is 0 Å². The Morgan fingerprint density at radius 2 is 1.95 bits per heavy atom. The molecule has 0 bridgehead atoms. The molecule has 1 aromatic carbocycles. The van der Waals surface area contributed by atoms with Gasteiger partial charge in [-0.15, -0.1) is 0 Å². The van der Waals surface area contributed by atoms with Crippen LogP contribution in [0.4, 0.5) is 0 Å². The zero-order valence-corrected chi connectivity index (χ0v) is 22.7. The van der Waals surface area contributed by atoms with Crippen LogP contribution < -0.4 is 15.7 Å². The number of hydrogen-bond donors (Lipinski definition) is 3. The SMILES string of the molecule is CC[C@@H]1C[C@@H]1C(=O)NS(=O)(=O)C1(CCC/C=C/CCNC(=O)c2cccc3c2[nH]c(=O)n3C(C)C)CC1. The Morgan fingerprint density at radius 1 is 1.22 bits per heavy atom. The number of unbranched alkanes of at least 4 members (excludes halogenated alkanes) is 1. The van der Waals surface area contributed by atoms with Gasteiger partial charge in [-0.05, 0) is 76.8 Å². The second kappa shape index (κ2) is 10.8. The molecule has 2 aliphatic carbocycles. The molecule has 0 spiro atoms. The predicted molar refractivity (Wildman–Crippen MR) is 144 cm³/mol. The van der Waals surface area contributed by atoms with Gasteiger partial charge in [0.25, 0.3) is 5.91 Å². The molecule has 202 valence electrons. The van der Waals surface area contributed by atoms with Crippen molar-refractivity contribution in [2.75, 3.05) is 6.54 Å². The Labute approximate surface area is 218 Å². The summed E-state index contributed by atoms with van der Waals surface area (Å²) in [4.78, 5) is 40.0. The Balaban J connectivity index is 1.19. The summed E-state index contributed by atoms with van der Waals surface area (Å²) in [6, 6.07) is 5.28. The molecule has 1 aromatic heterocycles. The number of para-hydroxylation sites is 1. The monoisotopic (exact) mass is 530 g/mol. The number of carbonyl (C=O) groups is 2. The van der Waals surface area contributed by atoms with E-state index in [1.54, 1.807) is 16.7 Å². The summed E-state index contributed by atoms with van der Waals surface area (Å²) < 4.78 is 28.7. The van der Waals surface area contributed by atoms with Crippen LogP contribution >= 0.6 is 0 Å². The molecule has 0 saturated heterocycles. The second-order valence-electron chi connectivity index (χ2n) is 10.7. The number of nitrogens with zero attached hydrogens (tertiary/aromatic N) is 1. The van der Waals surface area contributed by atoms with Crippen molar-refractivity contribution >= 4 is 32.9 Å². The highest BCUT2D eigenvalue weighted by Gasteiger charge is 2.55. The van der Waals surface area contributed by atoms with E-state index < -0.39 is 14.8 Å². The van der Waals surface area contributed by atoms with Crippen molar-refractivity contribution in [3.63, 3.8) is 0 Å². The highest BCUT2D eigenvalue weighted by Crippen LogP contribution is 2.48. The highest BCUT2D eigenvalue weighted by molar-refractivity contribution is 7.91. The summed E-state index contributed by atoms with van der Waals surface area (Å²) in [5, 5.41) is 2.89. The zero-order chi connectivity index (χ0) is 26.8. The van der Waals surface area contributed by atoms with Crippen LogP contribution in [0, 0.1) is 11.8 Å². The number of aromatic nitrogens is 2. The molecule has 37 heavy (non-hydrogen) atoms. The van der Waals surface area contributed by atoms with E-state index in [1.165, 1.54) is 0 Å². The molecule has 2 atom stereocenters. The lowest BCUT2D eigenvalue weighted by Gasteiger charge is -2.16. The molecule has 2 amide bonds. The minimum Gasteiger partial charge on any atom is -0.352 e. The van der Waals surface area contributed by atoms with E-state index >= 15 is 0 Å². The summed E-state index contributed by atoms with van der Waals surface area (Å²) in [5.41, 5.74) is 1.45. The van der Waals surface area contributed by atoms with E-state index in [1.807, 2.05) is 39.0 Å². The number of H-pyrrole nitrogens is 1. The van der Waals surface area contributed by atoms with E-state index in [0.29, 0.717) is 54.7 Å². The normalized spacial score (nSPS) is 20.4. The van der Waals surface area contributed by atoms with Crippen LogP contribution in [0.25, 0.3) is 11.0 Å². The maximum Gasteiger partial charge on any atom is 0.326 e. The molecule has 10 heteroatoms. The van der Waals surface area contributed by atoms with Gasteiger partial charge < -0.3 is 10.3 Å². The quantitative estimate of drug-likeness (QED) is 0.268. The molecule has 0 aliphatic heterocycles. The van der Waals surface area contributed by atoms with Crippen LogP contribution in [0.1, 0.15) is 88.5 Å². The first-order valence-corrected chi connectivity index (χ1v) is 14.8. The van der Waals surface area contributed by atoms with E-state index in [2.05, 4.69) is 15.0 Å². The number of carbonyl (C=O) groups excluding carboxylic acids is 2. The molecule has 3 N–H and O–H groups in total. The van der Waals surface area contributed by atoms with Gasteiger partial charge in [-0.25, -0.2) is 13.2 Å². The smallest absolute Gasteiger partial charge is 0.326 e. The van der Waals surface area contributed by atoms with Crippen molar-refractivity contribution in [3.05, 3.63) is 46.4 Å². The average Bonchev–Trinajstić information content (AvgIpc) is 3.75. The third-order valence-electron chi connectivity index (χ3n) is 7.68. The van der Waals surface area contributed by atoms with Crippen molar-refractivity contribution in [2.45, 2.75) is 82.9 Å². The summed E-state index contributed by atoms with van der Waals surface area (Å²) >= 11 is 0. The molecule has 9 nitrogen and oxygen atoms in total. The number of nitrogens with one attached hydrogen (secondary N) is 3. The van der Waals surface area contributed by atoms with E-state index in [0.717, 1.165) is 25.7 Å². The van der Waals surface area contributed by atoms with Crippen molar-refractivity contribution in [1.82, 2.24) is 19.6 Å². The van der Waals surface area contributed by atoms with Gasteiger partial charge >= 0.3 is 5.69 Å². The number of rotatable bonds is 13. The minimum absolute atomic E-state index is 0.0188. The first-order valence-electron chi connectivity index (χ1n) is 13.3. The third kappa shape index (κ3) is 5.84. The van der Waals surface area contributed by atoms with Gasteiger partial charge in [-0.3, -0.25) is 18.9 Å². The number of sulfonamides is 1. The Kier molecular flexibility index (Phi) is 7.96. The Bertz CT molecular complexity index is 1350. The fourth-order valence-electron chi connectivity index (χ4n) is 5.12. The summed E-state index contributed by atoms with van der Waals surface area (Å²) in [6.45, 7) is 6.31. The molecule has 2 saturated carbocycles. The van der Waals surface area contributed by atoms with Gasteiger partial charge in [0.05, 0.1) is 21.3 Å². The fourth-order valence-corrected chi connectivity index (χ4v) is 6.81. The fraction of sp³-hybridized carbons (Fsp3) is 0.593. The number of fused-ring (bicyclic) bond motifs is 1. The Hall–Kier alpha value is -2.88. The molecule has 2 aromatic rings. The molecule has 2 aliphatic rings. The van der Waals surface area contributed by atoms with Gasteiger partial charge in [-0.2, -0.15) is 0 Å². The van der Waals surface area contributed by atoms with Crippen molar-refractivity contribution in [1.29, 1.82) is 0 Å². The summed E-state index contributed by atoms with van der Waals surface area (Å²) in [7, 11) is -3.64. The van der Waals surface area contributed by atoms with E-state index in [4.69, 9.17) is 0 Å². The number of aromatic amines is 1. The molecule has 1 heterocycles. The van der Waals surface area contributed by atoms with Gasteiger partial charge in [0.1, 0.15) is 0 Å². The topological polar surface area (TPSA) is 130 Å².